The minimum atomic E-state index is -4.41. The maximum Gasteiger partial charge on any atom is 0.472 e. The van der Waals surface area contributed by atoms with E-state index in [0.29, 0.717) is 6.42 Å². The Morgan fingerprint density at radius 3 is 1.03 bits per heavy atom. The molecule has 0 saturated heterocycles. The molecular weight excluding hydrogens is 954 g/mol. The van der Waals surface area contributed by atoms with E-state index in [0.717, 1.165) is 141 Å². The molecule has 0 saturated carbocycles. The van der Waals surface area contributed by atoms with Gasteiger partial charge in [0.25, 0.3) is 0 Å². The highest BCUT2D eigenvalue weighted by Gasteiger charge is 2.26. The molecule has 0 rings (SSSR count). The van der Waals surface area contributed by atoms with Crippen molar-refractivity contribution in [1.82, 2.24) is 0 Å². The Hall–Kier alpha value is -4.11. The second-order valence-corrected chi connectivity index (χ2v) is 20.2. The molecule has 0 aliphatic carbocycles. The molecule has 0 aliphatic rings. The van der Waals surface area contributed by atoms with Gasteiger partial charge in [-0.15, -0.1) is 0 Å². The molecule has 0 fully saturated rings. The van der Waals surface area contributed by atoms with Crippen LogP contribution in [0.4, 0.5) is 0 Å². The topological polar surface area (TPSA) is 134 Å². The predicted molar refractivity (Wildman–Crippen MR) is 320 cm³/mol. The lowest BCUT2D eigenvalue weighted by atomic mass is 10.0. The van der Waals surface area contributed by atoms with E-state index in [2.05, 4.69) is 160 Å². The first-order valence-corrected chi connectivity index (χ1v) is 30.8. The van der Waals surface area contributed by atoms with Crippen LogP contribution in [0, 0.1) is 0 Å². The molecule has 0 aromatic heterocycles. The van der Waals surface area contributed by atoms with Gasteiger partial charge in [-0.3, -0.25) is 18.6 Å². The third-order valence-corrected chi connectivity index (χ3v) is 12.7. The number of unbranched alkanes of at least 4 members (excludes halogenated alkanes) is 16. The molecule has 0 heterocycles. The molecule has 0 bridgehead atoms. The van der Waals surface area contributed by atoms with Crippen LogP contribution < -0.4 is 5.73 Å². The summed E-state index contributed by atoms with van der Waals surface area (Å²) >= 11 is 0. The van der Waals surface area contributed by atoms with Crippen molar-refractivity contribution >= 4 is 19.8 Å². The van der Waals surface area contributed by atoms with Crippen molar-refractivity contribution in [2.24, 2.45) is 5.73 Å². The van der Waals surface area contributed by atoms with Crippen molar-refractivity contribution in [3.05, 3.63) is 146 Å². The highest BCUT2D eigenvalue weighted by Crippen LogP contribution is 2.43. The van der Waals surface area contributed by atoms with Crippen LogP contribution in [0.2, 0.25) is 0 Å². The lowest BCUT2D eigenvalue weighted by molar-refractivity contribution is -0.161. The Bertz CT molecular complexity index is 1730. The fourth-order valence-corrected chi connectivity index (χ4v) is 8.23. The van der Waals surface area contributed by atoms with Gasteiger partial charge in [-0.1, -0.05) is 237 Å². The van der Waals surface area contributed by atoms with Crippen molar-refractivity contribution in [3.63, 3.8) is 0 Å². The summed E-state index contributed by atoms with van der Waals surface area (Å²) in [6.07, 6.45) is 84.6. The number of hydrogen-bond acceptors (Lipinski definition) is 8. The molecule has 10 heteroatoms. The fraction of sp³-hybridized carbons (Fsp3) is 0.600. The van der Waals surface area contributed by atoms with Crippen LogP contribution in [0.1, 0.15) is 219 Å². The van der Waals surface area contributed by atoms with E-state index in [1.54, 1.807) is 0 Å². The summed E-state index contributed by atoms with van der Waals surface area (Å²) in [5, 5.41) is 0. The second kappa shape index (κ2) is 59.1. The summed E-state index contributed by atoms with van der Waals surface area (Å²) in [5.74, 6) is -0.864. The maximum absolute atomic E-state index is 12.7. The van der Waals surface area contributed by atoms with E-state index in [-0.39, 0.29) is 32.6 Å². The van der Waals surface area contributed by atoms with E-state index in [1.165, 1.54) is 44.9 Å². The van der Waals surface area contributed by atoms with Gasteiger partial charge in [0.15, 0.2) is 6.10 Å². The van der Waals surface area contributed by atoms with Gasteiger partial charge in [-0.05, 0) is 116 Å². The van der Waals surface area contributed by atoms with Crippen LogP contribution in [0.15, 0.2) is 146 Å². The first kappa shape index (κ1) is 70.9. The molecule has 0 radical (unpaired) electrons. The van der Waals surface area contributed by atoms with Crippen LogP contribution in [0.3, 0.4) is 0 Å². The lowest BCUT2D eigenvalue weighted by Crippen LogP contribution is -2.29. The highest BCUT2D eigenvalue weighted by atomic mass is 31.2. The predicted octanol–water partition coefficient (Wildman–Crippen LogP) is 18.7. The fourth-order valence-electron chi connectivity index (χ4n) is 7.47. The Balaban J connectivity index is 4.08. The minimum absolute atomic E-state index is 0.0413. The Kier molecular flexibility index (Phi) is 55.9. The number of phosphoric ester groups is 1. The Morgan fingerprint density at radius 1 is 0.400 bits per heavy atom. The number of allylic oxidation sites excluding steroid dienone is 24. The average Bonchev–Trinajstić information content (AvgIpc) is 3.40. The van der Waals surface area contributed by atoms with Gasteiger partial charge in [-0.2, -0.15) is 0 Å². The van der Waals surface area contributed by atoms with Crippen molar-refractivity contribution < 1.29 is 37.6 Å². The molecule has 0 aromatic rings. The van der Waals surface area contributed by atoms with Crippen LogP contribution in [-0.4, -0.2) is 49.3 Å². The summed E-state index contributed by atoms with van der Waals surface area (Å²) in [7, 11) is -4.41. The molecular formula is C65H106NO8P. The number of phosphoric acid groups is 1. The van der Waals surface area contributed by atoms with E-state index in [9.17, 15) is 19.0 Å². The van der Waals surface area contributed by atoms with Crippen LogP contribution >= 0.6 is 7.82 Å². The standard InChI is InChI=1S/C65H106NO8P/c1-3-5-7-9-11-13-15-17-19-21-23-25-27-29-31-33-35-37-39-41-43-45-47-49-51-53-55-57-64(67)71-61-63(62-73-75(69,70)72-60-59-66)74-65(68)58-56-54-52-50-48-46-44-42-40-38-36-34-32-30-28-26-24-22-20-18-16-14-12-10-8-6-4-2/h5-8,11-14,17-20,23-26,29-32,36,38,42,44,63H,3-4,9-10,15-16,21-22,27-28,33-35,37,39-41,43,45-62,66H2,1-2H3,(H,69,70)/b7-5-,8-6-,13-11-,14-12-,19-17-,20-18-,25-23-,26-24-,31-29-,32-30-,38-36-,44-42-. The van der Waals surface area contributed by atoms with E-state index in [1.807, 2.05) is 0 Å². The van der Waals surface area contributed by atoms with Gasteiger partial charge in [0.05, 0.1) is 13.2 Å². The largest absolute Gasteiger partial charge is 0.472 e. The van der Waals surface area contributed by atoms with Crippen molar-refractivity contribution in [1.29, 1.82) is 0 Å². The smallest absolute Gasteiger partial charge is 0.462 e. The molecule has 2 unspecified atom stereocenters. The average molecular weight is 1060 g/mol. The number of hydrogen-bond donors (Lipinski definition) is 2. The zero-order valence-corrected chi connectivity index (χ0v) is 48.1. The van der Waals surface area contributed by atoms with Gasteiger partial charge >= 0.3 is 19.8 Å². The SMILES string of the molecule is CC/C=C\C/C=C\C/C=C\C/C=C\C/C=C\C/C=C\C/C=C\CCCCCCCC(=O)OC(COC(=O)CCCCCCCCCCCCC/C=C\C/C=C\C/C=C\C/C=C\C/C=C\CC)COP(=O)(O)OCCN. The summed E-state index contributed by atoms with van der Waals surface area (Å²) < 4.78 is 33.0. The van der Waals surface area contributed by atoms with Gasteiger partial charge in [0, 0.05) is 19.4 Å². The zero-order valence-electron chi connectivity index (χ0n) is 47.2. The molecule has 3 N–H and O–H groups in total. The number of carbonyl (C=O) groups is 2. The Morgan fingerprint density at radius 2 is 0.693 bits per heavy atom. The third kappa shape index (κ3) is 59.0. The van der Waals surface area contributed by atoms with Crippen LogP contribution in [0.25, 0.3) is 0 Å². The summed E-state index contributed by atoms with van der Waals surface area (Å²) in [6.45, 7) is 3.47. The number of ether oxygens (including phenoxy) is 2. The van der Waals surface area contributed by atoms with Gasteiger partial charge in [0.1, 0.15) is 6.61 Å². The van der Waals surface area contributed by atoms with E-state index in [4.69, 9.17) is 24.3 Å². The van der Waals surface area contributed by atoms with Gasteiger partial charge in [0.2, 0.25) is 0 Å². The number of nitrogens with two attached hydrogens (primary N) is 1. The number of rotatable bonds is 53. The first-order valence-electron chi connectivity index (χ1n) is 29.3. The van der Waals surface area contributed by atoms with Crippen molar-refractivity contribution in [2.45, 2.75) is 225 Å². The highest BCUT2D eigenvalue weighted by molar-refractivity contribution is 7.47. The molecule has 0 amide bonds. The molecule has 75 heavy (non-hydrogen) atoms. The van der Waals surface area contributed by atoms with E-state index < -0.39 is 32.5 Å². The summed E-state index contributed by atoms with van der Waals surface area (Å²) in [4.78, 5) is 35.2. The van der Waals surface area contributed by atoms with Crippen LogP contribution in [-0.2, 0) is 32.7 Å². The van der Waals surface area contributed by atoms with E-state index >= 15 is 0 Å². The van der Waals surface area contributed by atoms with Gasteiger partial charge in [-0.25, -0.2) is 4.57 Å². The normalized spacial score (nSPS) is 14.1. The molecule has 9 nitrogen and oxygen atoms in total. The molecule has 0 spiro atoms. The monoisotopic (exact) mass is 1060 g/mol. The summed E-state index contributed by atoms with van der Waals surface area (Å²) in [6, 6.07) is 0. The third-order valence-electron chi connectivity index (χ3n) is 11.7. The second-order valence-electron chi connectivity index (χ2n) is 18.7. The number of carbonyl (C=O) groups excluding carboxylic acids is 2. The molecule has 0 aromatic carbocycles. The Labute approximate surface area is 458 Å². The van der Waals surface area contributed by atoms with Gasteiger partial charge < -0.3 is 20.1 Å². The minimum Gasteiger partial charge on any atom is -0.462 e. The first-order chi connectivity index (χ1) is 36.8. The number of esters is 2. The quantitative estimate of drug-likeness (QED) is 0.0264. The zero-order chi connectivity index (χ0) is 54.5. The lowest BCUT2D eigenvalue weighted by Gasteiger charge is -2.19. The maximum atomic E-state index is 12.7. The molecule has 424 valence electrons. The van der Waals surface area contributed by atoms with Crippen LogP contribution in [0.5, 0.6) is 0 Å². The van der Waals surface area contributed by atoms with Crippen molar-refractivity contribution in [3.8, 4) is 0 Å². The molecule has 0 aliphatic heterocycles. The van der Waals surface area contributed by atoms with Crippen molar-refractivity contribution in [2.75, 3.05) is 26.4 Å². The molecule has 2 atom stereocenters. The summed E-state index contributed by atoms with van der Waals surface area (Å²) in [5.41, 5.74) is 5.38.